The molecule has 0 radical (unpaired) electrons. The molecule has 4 heteroatoms. The fourth-order valence-electron chi connectivity index (χ4n) is 3.14. The van der Waals surface area contributed by atoms with Gasteiger partial charge < -0.3 is 10.2 Å². The molecule has 1 fully saturated rings. The average Bonchev–Trinajstić information content (AvgIpc) is 2.79. The van der Waals surface area contributed by atoms with Crippen molar-refractivity contribution in [3.63, 3.8) is 0 Å². The first-order chi connectivity index (χ1) is 9.47. The molecule has 0 bridgehead atoms. The zero-order valence-electron chi connectivity index (χ0n) is 12.2. The van der Waals surface area contributed by atoms with Crippen LogP contribution in [-0.4, -0.2) is 34.2 Å². The number of hydrogen-bond acceptors (Lipinski definition) is 3. The first-order valence-corrected chi connectivity index (χ1v) is 7.21. The van der Waals surface area contributed by atoms with Gasteiger partial charge in [-0.15, -0.1) is 0 Å². The standard InChI is InChI=1S/C16H23NO3/c1-3-6-16(15(19)20)7-8-17(11-16)10-13-9-12(2)4-5-14(13)18/h4-5,9,18H,3,6-8,10-11H2,1-2H3,(H,19,20). The van der Waals surface area contributed by atoms with Crippen LogP contribution in [0.15, 0.2) is 18.2 Å². The summed E-state index contributed by atoms with van der Waals surface area (Å²) in [6.45, 7) is 5.99. The van der Waals surface area contributed by atoms with Gasteiger partial charge in [-0.25, -0.2) is 0 Å². The SMILES string of the molecule is CCCC1(C(=O)O)CCN(Cc2cc(C)ccc2O)C1. The predicted octanol–water partition coefficient (Wildman–Crippen LogP) is 2.78. The van der Waals surface area contributed by atoms with Crippen molar-refractivity contribution in [2.75, 3.05) is 13.1 Å². The van der Waals surface area contributed by atoms with E-state index in [1.54, 1.807) is 6.07 Å². The van der Waals surface area contributed by atoms with Gasteiger partial charge in [0.25, 0.3) is 0 Å². The zero-order chi connectivity index (χ0) is 14.8. The molecule has 0 aliphatic carbocycles. The number of carboxylic acids is 1. The summed E-state index contributed by atoms with van der Waals surface area (Å²) < 4.78 is 0. The Morgan fingerprint density at radius 2 is 2.20 bits per heavy atom. The summed E-state index contributed by atoms with van der Waals surface area (Å²) in [7, 11) is 0. The van der Waals surface area contributed by atoms with E-state index in [9.17, 15) is 15.0 Å². The fourth-order valence-corrected chi connectivity index (χ4v) is 3.14. The van der Waals surface area contributed by atoms with E-state index < -0.39 is 11.4 Å². The molecule has 1 atom stereocenters. The summed E-state index contributed by atoms with van der Waals surface area (Å²) in [4.78, 5) is 13.7. The maximum absolute atomic E-state index is 11.6. The Morgan fingerprint density at radius 3 is 2.85 bits per heavy atom. The molecule has 1 aromatic carbocycles. The summed E-state index contributed by atoms with van der Waals surface area (Å²) in [6.07, 6.45) is 2.30. The molecular formula is C16H23NO3. The van der Waals surface area contributed by atoms with Crippen LogP contribution in [0.5, 0.6) is 5.75 Å². The van der Waals surface area contributed by atoms with Crippen molar-refractivity contribution < 1.29 is 15.0 Å². The van der Waals surface area contributed by atoms with Crippen molar-refractivity contribution in [3.05, 3.63) is 29.3 Å². The second kappa shape index (κ2) is 5.83. The molecule has 0 amide bonds. The molecule has 1 saturated heterocycles. The molecule has 0 aromatic heterocycles. The van der Waals surface area contributed by atoms with Crippen LogP contribution in [0.4, 0.5) is 0 Å². The number of aryl methyl sites for hydroxylation is 1. The summed E-state index contributed by atoms with van der Waals surface area (Å²) in [6, 6.07) is 5.55. The van der Waals surface area contributed by atoms with Crippen LogP contribution in [-0.2, 0) is 11.3 Å². The number of hydrogen-bond donors (Lipinski definition) is 2. The minimum absolute atomic E-state index is 0.291. The van der Waals surface area contributed by atoms with Crippen molar-refractivity contribution in [1.29, 1.82) is 0 Å². The van der Waals surface area contributed by atoms with Gasteiger partial charge in [-0.3, -0.25) is 9.69 Å². The predicted molar refractivity (Wildman–Crippen MR) is 77.7 cm³/mol. The Hall–Kier alpha value is -1.55. The highest BCUT2D eigenvalue weighted by Gasteiger charge is 2.43. The highest BCUT2D eigenvalue weighted by Crippen LogP contribution is 2.36. The van der Waals surface area contributed by atoms with E-state index in [1.807, 2.05) is 26.0 Å². The van der Waals surface area contributed by atoms with Gasteiger partial charge in [0, 0.05) is 18.7 Å². The zero-order valence-corrected chi connectivity index (χ0v) is 12.2. The van der Waals surface area contributed by atoms with Gasteiger partial charge in [0.05, 0.1) is 5.41 Å². The highest BCUT2D eigenvalue weighted by molar-refractivity contribution is 5.75. The highest BCUT2D eigenvalue weighted by atomic mass is 16.4. The third-order valence-corrected chi connectivity index (χ3v) is 4.24. The Balaban J connectivity index is 2.09. The van der Waals surface area contributed by atoms with Crippen molar-refractivity contribution >= 4 is 5.97 Å². The number of carboxylic acid groups (broad SMARTS) is 1. The minimum atomic E-state index is -0.685. The number of aliphatic carboxylic acids is 1. The first-order valence-electron chi connectivity index (χ1n) is 7.21. The first kappa shape index (κ1) is 14.9. The van der Waals surface area contributed by atoms with Gasteiger partial charge in [0.1, 0.15) is 5.75 Å². The molecule has 1 aromatic rings. The van der Waals surface area contributed by atoms with Crippen LogP contribution in [0.1, 0.15) is 37.3 Å². The number of nitrogens with zero attached hydrogens (tertiary/aromatic N) is 1. The van der Waals surface area contributed by atoms with Crippen molar-refractivity contribution in [2.45, 2.75) is 39.7 Å². The number of phenolic OH excluding ortho intramolecular Hbond substituents is 1. The number of benzene rings is 1. The molecule has 1 unspecified atom stereocenters. The summed E-state index contributed by atoms with van der Waals surface area (Å²) in [5.41, 5.74) is 1.38. The van der Waals surface area contributed by atoms with E-state index in [0.29, 0.717) is 25.3 Å². The second-order valence-corrected chi connectivity index (χ2v) is 5.93. The van der Waals surface area contributed by atoms with Gasteiger partial charge in [0.15, 0.2) is 0 Å². The molecule has 20 heavy (non-hydrogen) atoms. The summed E-state index contributed by atoms with van der Waals surface area (Å²) in [5.74, 6) is -0.394. The van der Waals surface area contributed by atoms with E-state index >= 15 is 0 Å². The van der Waals surface area contributed by atoms with Gasteiger partial charge >= 0.3 is 5.97 Å². The Labute approximate surface area is 120 Å². The molecule has 2 rings (SSSR count). The molecule has 4 nitrogen and oxygen atoms in total. The maximum atomic E-state index is 11.6. The molecule has 1 heterocycles. The third kappa shape index (κ3) is 2.96. The maximum Gasteiger partial charge on any atom is 0.310 e. The lowest BCUT2D eigenvalue weighted by molar-refractivity contribution is -0.148. The van der Waals surface area contributed by atoms with Crippen LogP contribution in [0.3, 0.4) is 0 Å². The molecule has 0 spiro atoms. The van der Waals surface area contributed by atoms with E-state index in [0.717, 1.165) is 30.5 Å². The van der Waals surface area contributed by atoms with Crippen LogP contribution in [0.2, 0.25) is 0 Å². The van der Waals surface area contributed by atoms with Gasteiger partial charge in [0.2, 0.25) is 0 Å². The molecular weight excluding hydrogens is 254 g/mol. The summed E-state index contributed by atoms with van der Waals surface area (Å²) in [5, 5.41) is 19.4. The van der Waals surface area contributed by atoms with Gasteiger partial charge in [-0.1, -0.05) is 31.0 Å². The molecule has 0 saturated carbocycles. The number of carbonyl (C=O) groups is 1. The number of likely N-dealkylation sites (tertiary alicyclic amines) is 1. The lowest BCUT2D eigenvalue weighted by Crippen LogP contribution is -2.34. The van der Waals surface area contributed by atoms with Crippen LogP contribution in [0.25, 0.3) is 0 Å². The van der Waals surface area contributed by atoms with E-state index in [2.05, 4.69) is 4.90 Å². The van der Waals surface area contributed by atoms with E-state index in [4.69, 9.17) is 0 Å². The van der Waals surface area contributed by atoms with Crippen molar-refractivity contribution in [2.24, 2.45) is 5.41 Å². The Kier molecular flexibility index (Phi) is 4.33. The smallest absolute Gasteiger partial charge is 0.310 e. The lowest BCUT2D eigenvalue weighted by Gasteiger charge is -2.24. The quantitative estimate of drug-likeness (QED) is 0.869. The second-order valence-electron chi connectivity index (χ2n) is 5.93. The molecule has 110 valence electrons. The Morgan fingerprint density at radius 1 is 1.45 bits per heavy atom. The fraction of sp³-hybridized carbons (Fsp3) is 0.562. The van der Waals surface area contributed by atoms with Crippen LogP contribution >= 0.6 is 0 Å². The largest absolute Gasteiger partial charge is 0.508 e. The van der Waals surface area contributed by atoms with Crippen molar-refractivity contribution in [3.8, 4) is 5.75 Å². The lowest BCUT2D eigenvalue weighted by atomic mass is 9.83. The third-order valence-electron chi connectivity index (χ3n) is 4.24. The normalized spacial score (nSPS) is 23.1. The van der Waals surface area contributed by atoms with Crippen LogP contribution in [0, 0.1) is 12.3 Å². The molecule has 2 N–H and O–H groups in total. The number of aromatic hydroxyl groups is 1. The molecule has 1 aliphatic rings. The monoisotopic (exact) mass is 277 g/mol. The van der Waals surface area contributed by atoms with E-state index in [-0.39, 0.29) is 0 Å². The van der Waals surface area contributed by atoms with Crippen molar-refractivity contribution in [1.82, 2.24) is 4.90 Å². The number of rotatable bonds is 5. The van der Waals surface area contributed by atoms with Gasteiger partial charge in [-0.05, 0) is 32.4 Å². The van der Waals surface area contributed by atoms with Gasteiger partial charge in [-0.2, -0.15) is 0 Å². The number of phenols is 1. The minimum Gasteiger partial charge on any atom is -0.508 e. The van der Waals surface area contributed by atoms with Crippen LogP contribution < -0.4 is 0 Å². The molecule has 1 aliphatic heterocycles. The van der Waals surface area contributed by atoms with E-state index in [1.165, 1.54) is 0 Å². The summed E-state index contributed by atoms with van der Waals surface area (Å²) >= 11 is 0. The Bertz CT molecular complexity index is 500. The average molecular weight is 277 g/mol. The topological polar surface area (TPSA) is 60.8 Å².